The maximum atomic E-state index is 9.97. The predicted molar refractivity (Wildman–Crippen MR) is 144 cm³/mol. The smallest absolute Gasteiger partial charge is 0.199 e. The lowest BCUT2D eigenvalue weighted by molar-refractivity contribution is 0.0398. The molecule has 33 heavy (non-hydrogen) atoms. The number of thioether (sulfide) groups is 1. The van der Waals surface area contributed by atoms with E-state index in [2.05, 4.69) is 44.4 Å². The number of nitrogens with one attached hydrogen (secondary N) is 1. The average molecular weight is 484 g/mol. The Hall–Kier alpha value is -2.13. The van der Waals surface area contributed by atoms with Gasteiger partial charge < -0.3 is 21.1 Å². The highest BCUT2D eigenvalue weighted by Gasteiger charge is 2.28. The maximum Gasteiger partial charge on any atom is 0.199 e. The molecule has 2 aromatic carbocycles. The Bertz CT molecular complexity index is 930. The summed E-state index contributed by atoms with van der Waals surface area (Å²) in [6, 6.07) is 19.1. The second kappa shape index (κ2) is 11.8. The number of piperidine rings is 2. The first-order valence-corrected chi connectivity index (χ1v) is 13.1. The number of aliphatic imine (C=N–C) groups is 1. The van der Waals surface area contributed by atoms with Crippen LogP contribution in [-0.2, 0) is 5.75 Å². The van der Waals surface area contributed by atoms with Crippen LogP contribution in [0.2, 0.25) is 0 Å². The molecule has 1 unspecified atom stereocenters. The summed E-state index contributed by atoms with van der Waals surface area (Å²) in [5, 5.41) is 13.9. The van der Waals surface area contributed by atoms with Crippen LogP contribution in [0.5, 0.6) is 0 Å². The Balaban J connectivity index is 1.23. The number of nitrogens with zero attached hydrogens (tertiary/aromatic N) is 3. The normalized spacial score (nSPS) is 20.6. The number of nitrogens with two attached hydrogens (primary N) is 1. The number of aliphatic hydroxyl groups excluding tert-OH is 1. The van der Waals surface area contributed by atoms with E-state index in [0.717, 1.165) is 63.3 Å². The van der Waals surface area contributed by atoms with Crippen LogP contribution >= 0.6 is 24.0 Å². The molecule has 0 saturated carbocycles. The van der Waals surface area contributed by atoms with Crippen molar-refractivity contribution in [1.82, 2.24) is 4.90 Å². The van der Waals surface area contributed by atoms with Gasteiger partial charge in [-0.3, -0.25) is 4.90 Å². The first-order chi connectivity index (χ1) is 16.1. The minimum atomic E-state index is -0.148. The maximum absolute atomic E-state index is 9.97. The van der Waals surface area contributed by atoms with Gasteiger partial charge in [0.2, 0.25) is 0 Å². The summed E-state index contributed by atoms with van der Waals surface area (Å²) < 4.78 is 0. The summed E-state index contributed by atoms with van der Waals surface area (Å²) in [6.07, 6.45) is 4.20. The molecule has 0 aliphatic carbocycles. The second-order valence-electron chi connectivity index (χ2n) is 8.71. The molecule has 2 aromatic rings. The Morgan fingerprint density at radius 3 is 2.48 bits per heavy atom. The number of anilines is 2. The van der Waals surface area contributed by atoms with Crippen molar-refractivity contribution in [3.05, 3.63) is 60.2 Å². The van der Waals surface area contributed by atoms with Gasteiger partial charge in [-0.25, -0.2) is 0 Å². The van der Waals surface area contributed by atoms with E-state index in [1.165, 1.54) is 23.0 Å². The van der Waals surface area contributed by atoms with Crippen molar-refractivity contribution in [1.29, 1.82) is 0 Å². The monoisotopic (exact) mass is 483 g/mol. The number of benzene rings is 2. The lowest BCUT2D eigenvalue weighted by Crippen LogP contribution is -2.49. The lowest BCUT2D eigenvalue weighted by Gasteiger charge is -2.42. The molecule has 8 heteroatoms. The molecule has 6 nitrogen and oxygen atoms in total. The Kier molecular flexibility index (Phi) is 8.61. The zero-order chi connectivity index (χ0) is 23.0. The zero-order valence-electron chi connectivity index (χ0n) is 18.9. The standard InChI is InChI=1S/C25H33N5OS2/c26-24(33-18-19-5-2-1-3-6-19)28-25(32)27-20-8-10-21(11-9-20)29-15-12-22(13-16-29)30-14-4-7-23(31)17-30/h1-3,5-6,8-11,22-23,31H,4,7,12-18H2,(H3,26,27,28,32). The van der Waals surface area contributed by atoms with Crippen molar-refractivity contribution in [2.24, 2.45) is 10.7 Å². The van der Waals surface area contributed by atoms with E-state index in [-0.39, 0.29) is 6.10 Å². The number of rotatable bonds is 5. The molecule has 0 amide bonds. The van der Waals surface area contributed by atoms with Crippen LogP contribution in [0.15, 0.2) is 59.6 Å². The van der Waals surface area contributed by atoms with E-state index in [4.69, 9.17) is 18.0 Å². The highest BCUT2D eigenvalue weighted by Crippen LogP contribution is 2.26. The molecule has 2 saturated heterocycles. The fraction of sp³-hybridized carbons (Fsp3) is 0.440. The molecule has 176 valence electrons. The lowest BCUT2D eigenvalue weighted by atomic mass is 9.98. The molecule has 1 atom stereocenters. The molecule has 0 aromatic heterocycles. The second-order valence-corrected chi connectivity index (χ2v) is 10.1. The number of hydrogen-bond donors (Lipinski definition) is 3. The number of amidine groups is 1. The molecule has 0 radical (unpaired) electrons. The van der Waals surface area contributed by atoms with E-state index < -0.39 is 0 Å². The molecular formula is C25H33N5OS2. The average Bonchev–Trinajstić information content (AvgIpc) is 2.84. The molecule has 2 heterocycles. The van der Waals surface area contributed by atoms with Crippen LogP contribution in [0.4, 0.5) is 11.4 Å². The number of aliphatic hydroxyl groups is 1. The highest BCUT2D eigenvalue weighted by molar-refractivity contribution is 8.13. The van der Waals surface area contributed by atoms with E-state index in [0.29, 0.717) is 16.3 Å². The largest absolute Gasteiger partial charge is 0.392 e. The van der Waals surface area contributed by atoms with E-state index in [1.54, 1.807) is 0 Å². The van der Waals surface area contributed by atoms with Crippen LogP contribution in [0.3, 0.4) is 0 Å². The molecule has 0 bridgehead atoms. The SMILES string of the molecule is N/C(=N\C(=S)Nc1ccc(N2CCC(N3CCCC(O)C3)CC2)cc1)SCc1ccccc1. The summed E-state index contributed by atoms with van der Waals surface area (Å²) in [6.45, 7) is 4.05. The number of thiocarbonyl (C=S) groups is 1. The predicted octanol–water partition coefficient (Wildman–Crippen LogP) is 4.06. The molecule has 4 rings (SSSR count). The van der Waals surface area contributed by atoms with Crippen molar-refractivity contribution < 1.29 is 5.11 Å². The summed E-state index contributed by atoms with van der Waals surface area (Å²) in [7, 11) is 0. The van der Waals surface area contributed by atoms with E-state index in [1.807, 2.05) is 30.3 Å². The van der Waals surface area contributed by atoms with Gasteiger partial charge in [-0.2, -0.15) is 4.99 Å². The van der Waals surface area contributed by atoms with Gasteiger partial charge in [0.05, 0.1) is 6.10 Å². The van der Waals surface area contributed by atoms with Crippen molar-refractivity contribution in [2.75, 3.05) is 36.4 Å². The topological polar surface area (TPSA) is 77.1 Å². The van der Waals surface area contributed by atoms with Gasteiger partial charge >= 0.3 is 0 Å². The third-order valence-corrected chi connectivity index (χ3v) is 7.39. The molecule has 0 spiro atoms. The molecule has 2 aliphatic heterocycles. The van der Waals surface area contributed by atoms with Crippen LogP contribution in [0, 0.1) is 0 Å². The third-order valence-electron chi connectivity index (χ3n) is 6.33. The quantitative estimate of drug-likeness (QED) is 0.336. The highest BCUT2D eigenvalue weighted by atomic mass is 32.2. The summed E-state index contributed by atoms with van der Waals surface area (Å²) >= 11 is 6.84. The van der Waals surface area contributed by atoms with Gasteiger partial charge in [0.15, 0.2) is 10.3 Å². The fourth-order valence-corrected chi connectivity index (χ4v) is 5.51. The van der Waals surface area contributed by atoms with Crippen molar-refractivity contribution in [3.8, 4) is 0 Å². The van der Waals surface area contributed by atoms with Gasteiger partial charge in [0, 0.05) is 42.8 Å². The molecule has 4 N–H and O–H groups in total. The summed E-state index contributed by atoms with van der Waals surface area (Å²) in [4.78, 5) is 9.23. The number of β-amino-alcohol motifs (C(OH)–C–C–N with tert-alkyl or cyclic N) is 1. The zero-order valence-corrected chi connectivity index (χ0v) is 20.5. The number of hydrogen-bond acceptors (Lipinski definition) is 5. The molecule has 2 aliphatic rings. The van der Waals surface area contributed by atoms with E-state index in [9.17, 15) is 5.11 Å². The minimum Gasteiger partial charge on any atom is -0.392 e. The summed E-state index contributed by atoms with van der Waals surface area (Å²) in [5.74, 6) is 0.766. The van der Waals surface area contributed by atoms with Crippen LogP contribution in [-0.4, -0.2) is 58.6 Å². The van der Waals surface area contributed by atoms with Gasteiger partial charge in [0.25, 0.3) is 0 Å². The van der Waals surface area contributed by atoms with Gasteiger partial charge in [-0.15, -0.1) is 0 Å². The van der Waals surface area contributed by atoms with Crippen molar-refractivity contribution >= 4 is 45.6 Å². The van der Waals surface area contributed by atoms with Crippen LogP contribution < -0.4 is 16.0 Å². The van der Waals surface area contributed by atoms with Crippen molar-refractivity contribution in [2.45, 2.75) is 43.6 Å². The van der Waals surface area contributed by atoms with Gasteiger partial charge in [-0.1, -0.05) is 42.1 Å². The Morgan fingerprint density at radius 1 is 1.06 bits per heavy atom. The Morgan fingerprint density at radius 2 is 1.79 bits per heavy atom. The molecular weight excluding hydrogens is 450 g/mol. The van der Waals surface area contributed by atoms with Gasteiger partial charge in [0.1, 0.15) is 0 Å². The first-order valence-electron chi connectivity index (χ1n) is 11.7. The van der Waals surface area contributed by atoms with Crippen LogP contribution in [0.25, 0.3) is 0 Å². The van der Waals surface area contributed by atoms with E-state index >= 15 is 0 Å². The van der Waals surface area contributed by atoms with Gasteiger partial charge in [-0.05, 0) is 74.3 Å². The fourth-order valence-electron chi connectivity index (χ4n) is 4.58. The number of likely N-dealkylation sites (tertiary alicyclic amines) is 1. The Labute approximate surface area is 206 Å². The third kappa shape index (κ3) is 7.17. The van der Waals surface area contributed by atoms with Crippen LogP contribution in [0.1, 0.15) is 31.2 Å². The summed E-state index contributed by atoms with van der Waals surface area (Å²) in [5.41, 5.74) is 9.37. The molecule has 2 fully saturated rings. The minimum absolute atomic E-state index is 0.148. The van der Waals surface area contributed by atoms with Crippen molar-refractivity contribution in [3.63, 3.8) is 0 Å². The first kappa shape index (κ1) is 24.0.